The van der Waals surface area contributed by atoms with Crippen LogP contribution in [0.1, 0.15) is 18.9 Å². The van der Waals surface area contributed by atoms with Gasteiger partial charge in [0.25, 0.3) is 10.0 Å². The lowest BCUT2D eigenvalue weighted by molar-refractivity contribution is 0.588. The van der Waals surface area contributed by atoms with Crippen molar-refractivity contribution in [1.82, 2.24) is 15.0 Å². The maximum atomic E-state index is 12.0. The molecule has 0 aliphatic carbocycles. The molecule has 0 atom stereocenters. The van der Waals surface area contributed by atoms with Crippen molar-refractivity contribution in [2.24, 2.45) is 7.05 Å². The Morgan fingerprint density at radius 1 is 1.26 bits per heavy atom. The number of nitrogens with zero attached hydrogens (tertiary/aromatic N) is 3. The highest BCUT2D eigenvalue weighted by atomic mass is 32.2. The smallest absolute Gasteiger partial charge is 0.278 e. The average Bonchev–Trinajstić information content (AvgIpc) is 2.79. The van der Waals surface area contributed by atoms with Crippen LogP contribution >= 0.6 is 0 Å². The lowest BCUT2D eigenvalue weighted by Gasteiger charge is -2.06. The van der Waals surface area contributed by atoms with E-state index in [2.05, 4.69) is 21.8 Å². The largest absolute Gasteiger partial charge is 0.282 e. The second kappa shape index (κ2) is 5.40. The van der Waals surface area contributed by atoms with Crippen molar-refractivity contribution in [2.45, 2.75) is 24.8 Å². The van der Waals surface area contributed by atoms with Crippen molar-refractivity contribution < 1.29 is 8.42 Å². The molecule has 0 fully saturated rings. The van der Waals surface area contributed by atoms with E-state index in [9.17, 15) is 8.42 Å². The van der Waals surface area contributed by atoms with Gasteiger partial charge in [0.15, 0.2) is 0 Å². The minimum Gasteiger partial charge on any atom is -0.278 e. The summed E-state index contributed by atoms with van der Waals surface area (Å²) in [5.41, 5.74) is 1.70. The van der Waals surface area contributed by atoms with Crippen LogP contribution in [0.25, 0.3) is 0 Å². The van der Waals surface area contributed by atoms with Gasteiger partial charge in [-0.3, -0.25) is 4.72 Å². The number of aromatic nitrogens is 3. The highest BCUT2D eigenvalue weighted by Crippen LogP contribution is 2.15. The van der Waals surface area contributed by atoms with Crippen molar-refractivity contribution in [2.75, 3.05) is 4.72 Å². The molecule has 0 amide bonds. The van der Waals surface area contributed by atoms with Gasteiger partial charge < -0.3 is 0 Å². The van der Waals surface area contributed by atoms with E-state index in [0.29, 0.717) is 5.69 Å². The molecule has 2 aromatic rings. The summed E-state index contributed by atoms with van der Waals surface area (Å²) in [6.07, 6.45) is 3.26. The Kier molecular flexibility index (Phi) is 3.84. The zero-order chi connectivity index (χ0) is 13.9. The molecule has 7 heteroatoms. The summed E-state index contributed by atoms with van der Waals surface area (Å²) in [5, 5.41) is 7.44. The normalized spacial score (nSPS) is 11.5. The number of hydrogen-bond acceptors (Lipinski definition) is 4. The molecule has 1 aromatic carbocycles. The summed E-state index contributed by atoms with van der Waals surface area (Å²) >= 11 is 0. The summed E-state index contributed by atoms with van der Waals surface area (Å²) in [6.45, 7) is 2.10. The molecule has 0 saturated carbocycles. The summed E-state index contributed by atoms with van der Waals surface area (Å²) in [7, 11) is -2.09. The van der Waals surface area contributed by atoms with Gasteiger partial charge in [-0.1, -0.05) is 25.5 Å². The zero-order valence-corrected chi connectivity index (χ0v) is 11.7. The van der Waals surface area contributed by atoms with Crippen LogP contribution in [0.15, 0.2) is 35.5 Å². The van der Waals surface area contributed by atoms with Gasteiger partial charge in [0.1, 0.15) is 0 Å². The van der Waals surface area contributed by atoms with Gasteiger partial charge in [-0.15, -0.1) is 5.10 Å². The molecule has 1 heterocycles. The second-order valence-corrected chi connectivity index (χ2v) is 5.85. The first kappa shape index (κ1) is 13.5. The fourth-order valence-corrected chi connectivity index (χ4v) is 2.65. The molecular weight excluding hydrogens is 264 g/mol. The van der Waals surface area contributed by atoms with Crippen molar-refractivity contribution in [3.8, 4) is 0 Å². The maximum Gasteiger partial charge on any atom is 0.282 e. The summed E-state index contributed by atoms with van der Waals surface area (Å²) in [5.74, 6) is 0. The SMILES string of the molecule is CCCc1ccc(NS(=O)(=O)c2cnn(C)n2)cc1. The number of rotatable bonds is 5. The Morgan fingerprint density at radius 3 is 2.47 bits per heavy atom. The first-order valence-electron chi connectivity index (χ1n) is 5.99. The van der Waals surface area contributed by atoms with E-state index < -0.39 is 10.0 Å². The number of anilines is 1. The molecule has 0 bridgehead atoms. The summed E-state index contributed by atoms with van der Waals surface area (Å²) in [6, 6.07) is 7.33. The van der Waals surface area contributed by atoms with Crippen molar-refractivity contribution in [3.63, 3.8) is 0 Å². The Morgan fingerprint density at radius 2 is 1.95 bits per heavy atom. The predicted octanol–water partition coefficient (Wildman–Crippen LogP) is 1.57. The van der Waals surface area contributed by atoms with Crippen LogP contribution in [0, 0.1) is 0 Å². The fraction of sp³-hybridized carbons (Fsp3) is 0.333. The number of sulfonamides is 1. The quantitative estimate of drug-likeness (QED) is 0.902. The topological polar surface area (TPSA) is 76.9 Å². The van der Waals surface area contributed by atoms with E-state index in [1.54, 1.807) is 19.2 Å². The lowest BCUT2D eigenvalue weighted by Crippen LogP contribution is -2.14. The highest BCUT2D eigenvalue weighted by molar-refractivity contribution is 7.92. The van der Waals surface area contributed by atoms with Gasteiger partial charge in [-0.2, -0.15) is 18.3 Å². The van der Waals surface area contributed by atoms with E-state index in [4.69, 9.17) is 0 Å². The summed E-state index contributed by atoms with van der Waals surface area (Å²) < 4.78 is 26.5. The van der Waals surface area contributed by atoms with Gasteiger partial charge in [0, 0.05) is 12.7 Å². The fourth-order valence-electron chi connectivity index (χ4n) is 1.69. The predicted molar refractivity (Wildman–Crippen MR) is 72.2 cm³/mol. The van der Waals surface area contributed by atoms with E-state index >= 15 is 0 Å². The summed E-state index contributed by atoms with van der Waals surface area (Å²) in [4.78, 5) is 1.21. The molecule has 1 N–H and O–H groups in total. The minimum atomic E-state index is -3.66. The van der Waals surface area contributed by atoms with E-state index in [1.165, 1.54) is 16.6 Å². The van der Waals surface area contributed by atoms with Crippen LogP contribution in [0.5, 0.6) is 0 Å². The van der Waals surface area contributed by atoms with E-state index in [0.717, 1.165) is 12.8 Å². The third-order valence-electron chi connectivity index (χ3n) is 2.60. The maximum absolute atomic E-state index is 12.0. The standard InChI is InChI=1S/C12H16N4O2S/c1-3-4-10-5-7-11(8-6-10)15-19(17,18)12-9-13-16(2)14-12/h5-9,15H,3-4H2,1-2H3. The average molecular weight is 280 g/mol. The van der Waals surface area contributed by atoms with Crippen molar-refractivity contribution >= 4 is 15.7 Å². The number of nitrogens with one attached hydrogen (secondary N) is 1. The Balaban J connectivity index is 2.16. The van der Waals surface area contributed by atoms with Crippen molar-refractivity contribution in [1.29, 1.82) is 0 Å². The van der Waals surface area contributed by atoms with Crippen LogP contribution in [-0.2, 0) is 23.5 Å². The second-order valence-electron chi connectivity index (χ2n) is 4.22. The van der Waals surface area contributed by atoms with Crippen LogP contribution < -0.4 is 4.72 Å². The van der Waals surface area contributed by atoms with Gasteiger partial charge in [-0.25, -0.2) is 0 Å². The molecule has 0 aliphatic heterocycles. The molecule has 102 valence electrons. The molecule has 0 aliphatic rings. The molecule has 0 unspecified atom stereocenters. The van der Waals surface area contributed by atoms with Crippen LogP contribution in [0.2, 0.25) is 0 Å². The molecule has 0 saturated heterocycles. The monoisotopic (exact) mass is 280 g/mol. The lowest BCUT2D eigenvalue weighted by atomic mass is 10.1. The number of benzene rings is 1. The highest BCUT2D eigenvalue weighted by Gasteiger charge is 2.17. The molecule has 1 aromatic heterocycles. The molecule has 6 nitrogen and oxygen atoms in total. The molecular formula is C12H16N4O2S. The van der Waals surface area contributed by atoms with Gasteiger partial charge in [-0.05, 0) is 24.1 Å². The molecule has 0 radical (unpaired) electrons. The van der Waals surface area contributed by atoms with E-state index in [-0.39, 0.29) is 5.03 Å². The minimum absolute atomic E-state index is 0.0902. The third kappa shape index (κ3) is 3.31. The van der Waals surface area contributed by atoms with Crippen molar-refractivity contribution in [3.05, 3.63) is 36.0 Å². The van der Waals surface area contributed by atoms with Crippen LogP contribution in [0.3, 0.4) is 0 Å². The van der Waals surface area contributed by atoms with Crippen LogP contribution in [-0.4, -0.2) is 23.4 Å². The molecule has 19 heavy (non-hydrogen) atoms. The molecule has 2 rings (SSSR count). The van der Waals surface area contributed by atoms with Gasteiger partial charge in [0.05, 0.1) is 6.20 Å². The number of aryl methyl sites for hydroxylation is 2. The van der Waals surface area contributed by atoms with E-state index in [1.807, 2.05) is 12.1 Å². The van der Waals surface area contributed by atoms with Gasteiger partial charge in [0.2, 0.25) is 5.03 Å². The Bertz CT molecular complexity index is 647. The first-order valence-corrected chi connectivity index (χ1v) is 7.47. The number of hydrogen-bond donors (Lipinski definition) is 1. The Hall–Kier alpha value is -1.89. The zero-order valence-electron chi connectivity index (χ0n) is 10.9. The van der Waals surface area contributed by atoms with Crippen LogP contribution in [0.4, 0.5) is 5.69 Å². The third-order valence-corrected chi connectivity index (χ3v) is 3.84. The molecule has 0 spiro atoms. The first-order chi connectivity index (χ1) is 9.01. The van der Waals surface area contributed by atoms with Gasteiger partial charge >= 0.3 is 0 Å². The Labute approximate surface area is 112 Å².